The molecule has 0 unspecified atom stereocenters. The Hall–Kier alpha value is -1.88. The molecule has 1 fully saturated rings. The van der Waals surface area contributed by atoms with Gasteiger partial charge in [0, 0.05) is 16.8 Å². The first-order valence-corrected chi connectivity index (χ1v) is 9.27. The zero-order valence-electron chi connectivity index (χ0n) is 14.4. The lowest BCUT2D eigenvalue weighted by atomic mass is 9.97. The van der Waals surface area contributed by atoms with Crippen molar-refractivity contribution in [1.82, 2.24) is 4.90 Å². The van der Waals surface area contributed by atoms with Crippen LogP contribution in [0.4, 0.5) is 0 Å². The van der Waals surface area contributed by atoms with Crippen molar-refractivity contribution in [3.63, 3.8) is 0 Å². The number of hydrogen-bond donors (Lipinski definition) is 0. The largest absolute Gasteiger partial charge is 0.451 e. The molecule has 1 amide bonds. The standard InChI is InChI=1S/C19H23NO3S/c1-12-7-6-8-13(2)20(12)17(21)11-23-19(22)18-14(3)15-9-4-5-10-16(15)24-18/h4-5,9-10,12-13H,6-8,11H2,1-3H3/t12-,13-/m1/s1. The smallest absolute Gasteiger partial charge is 0.349 e. The van der Waals surface area contributed by atoms with Gasteiger partial charge in [0.25, 0.3) is 5.91 Å². The number of hydrogen-bond acceptors (Lipinski definition) is 4. The molecule has 1 aromatic carbocycles. The lowest BCUT2D eigenvalue weighted by molar-refractivity contribution is -0.140. The van der Waals surface area contributed by atoms with E-state index in [-0.39, 0.29) is 24.6 Å². The predicted molar refractivity (Wildman–Crippen MR) is 96.5 cm³/mol. The molecular weight excluding hydrogens is 322 g/mol. The second-order valence-corrected chi connectivity index (χ2v) is 7.61. The fourth-order valence-electron chi connectivity index (χ4n) is 3.55. The molecule has 0 aliphatic carbocycles. The quantitative estimate of drug-likeness (QED) is 0.785. The van der Waals surface area contributed by atoms with Crippen molar-refractivity contribution < 1.29 is 14.3 Å². The normalized spacial score (nSPS) is 21.0. The number of fused-ring (bicyclic) bond motifs is 1. The van der Waals surface area contributed by atoms with E-state index in [1.54, 1.807) is 0 Å². The number of nitrogens with zero attached hydrogens (tertiary/aromatic N) is 1. The highest BCUT2D eigenvalue weighted by Crippen LogP contribution is 2.31. The Kier molecular flexibility index (Phi) is 4.90. The maximum absolute atomic E-state index is 12.5. The van der Waals surface area contributed by atoms with Crippen molar-refractivity contribution in [3.8, 4) is 0 Å². The molecule has 1 aliphatic heterocycles. The molecule has 2 heterocycles. The summed E-state index contributed by atoms with van der Waals surface area (Å²) < 4.78 is 6.39. The summed E-state index contributed by atoms with van der Waals surface area (Å²) in [6.07, 6.45) is 3.17. The maximum Gasteiger partial charge on any atom is 0.349 e. The third kappa shape index (κ3) is 3.18. The monoisotopic (exact) mass is 345 g/mol. The third-order valence-corrected chi connectivity index (χ3v) is 6.09. The van der Waals surface area contributed by atoms with Crippen LogP contribution in [0.25, 0.3) is 10.1 Å². The Morgan fingerprint density at radius 1 is 1.21 bits per heavy atom. The molecule has 1 aromatic heterocycles. The summed E-state index contributed by atoms with van der Waals surface area (Å²) in [6, 6.07) is 8.33. The van der Waals surface area contributed by atoms with Crippen LogP contribution in [-0.4, -0.2) is 35.5 Å². The van der Waals surface area contributed by atoms with Gasteiger partial charge in [-0.1, -0.05) is 18.2 Å². The van der Waals surface area contributed by atoms with Crippen molar-refractivity contribution >= 4 is 33.3 Å². The van der Waals surface area contributed by atoms with Gasteiger partial charge in [-0.15, -0.1) is 11.3 Å². The van der Waals surface area contributed by atoms with Gasteiger partial charge in [-0.25, -0.2) is 4.79 Å². The highest BCUT2D eigenvalue weighted by atomic mass is 32.1. The molecule has 1 saturated heterocycles. The van der Waals surface area contributed by atoms with E-state index in [0.717, 1.165) is 34.9 Å². The van der Waals surface area contributed by atoms with Crippen molar-refractivity contribution in [1.29, 1.82) is 0 Å². The summed E-state index contributed by atoms with van der Waals surface area (Å²) in [7, 11) is 0. The van der Waals surface area contributed by atoms with Gasteiger partial charge in [0.15, 0.2) is 6.61 Å². The molecule has 2 aromatic rings. The summed E-state index contributed by atoms with van der Waals surface area (Å²) in [5, 5.41) is 1.07. The molecule has 0 N–H and O–H groups in total. The molecule has 5 heteroatoms. The van der Waals surface area contributed by atoms with Crippen LogP contribution >= 0.6 is 11.3 Å². The Morgan fingerprint density at radius 3 is 2.54 bits per heavy atom. The van der Waals surface area contributed by atoms with Gasteiger partial charge >= 0.3 is 5.97 Å². The van der Waals surface area contributed by atoms with E-state index in [9.17, 15) is 9.59 Å². The fraction of sp³-hybridized carbons (Fsp3) is 0.474. The lowest BCUT2D eigenvalue weighted by Crippen LogP contribution is -2.49. The molecule has 24 heavy (non-hydrogen) atoms. The summed E-state index contributed by atoms with van der Waals surface area (Å²) in [5.41, 5.74) is 0.924. The van der Waals surface area contributed by atoms with Gasteiger partial charge < -0.3 is 9.64 Å². The van der Waals surface area contributed by atoms with Crippen LogP contribution in [0.15, 0.2) is 24.3 Å². The van der Waals surface area contributed by atoms with Crippen LogP contribution in [0.3, 0.4) is 0 Å². The van der Waals surface area contributed by atoms with E-state index in [1.807, 2.05) is 36.1 Å². The van der Waals surface area contributed by atoms with Crippen molar-refractivity contribution in [2.24, 2.45) is 0 Å². The number of ether oxygens (including phenoxy) is 1. The van der Waals surface area contributed by atoms with Gasteiger partial charge in [0.05, 0.1) is 0 Å². The minimum absolute atomic E-state index is 0.0955. The fourth-order valence-corrected chi connectivity index (χ4v) is 4.65. The molecule has 0 saturated carbocycles. The number of amides is 1. The summed E-state index contributed by atoms with van der Waals surface area (Å²) in [5.74, 6) is -0.499. The van der Waals surface area contributed by atoms with Gasteiger partial charge in [0.2, 0.25) is 0 Å². The minimum Gasteiger partial charge on any atom is -0.451 e. The first kappa shape index (κ1) is 17.0. The Balaban J connectivity index is 1.68. The third-order valence-electron chi connectivity index (χ3n) is 4.84. The Bertz CT molecular complexity index is 757. The molecule has 0 radical (unpaired) electrons. The lowest BCUT2D eigenvalue weighted by Gasteiger charge is -2.38. The highest BCUT2D eigenvalue weighted by molar-refractivity contribution is 7.21. The Labute approximate surface area is 146 Å². The molecule has 128 valence electrons. The second-order valence-electron chi connectivity index (χ2n) is 6.56. The van der Waals surface area contributed by atoms with Gasteiger partial charge in [-0.3, -0.25) is 4.79 Å². The number of rotatable bonds is 3. The average molecular weight is 345 g/mol. The molecule has 2 atom stereocenters. The minimum atomic E-state index is -0.403. The first-order valence-electron chi connectivity index (χ1n) is 8.45. The number of carbonyl (C=O) groups excluding carboxylic acids is 2. The van der Waals surface area contributed by atoms with E-state index in [0.29, 0.717) is 4.88 Å². The van der Waals surface area contributed by atoms with Crippen molar-refractivity contribution in [2.45, 2.75) is 52.1 Å². The number of piperidine rings is 1. The number of likely N-dealkylation sites (tertiary alicyclic amines) is 1. The summed E-state index contributed by atoms with van der Waals surface area (Å²) in [6.45, 7) is 5.87. The molecular formula is C19H23NO3S. The van der Waals surface area contributed by atoms with Gasteiger partial charge in [-0.05, 0) is 57.0 Å². The summed E-state index contributed by atoms with van der Waals surface area (Å²) in [4.78, 5) is 27.3. The van der Waals surface area contributed by atoms with Crippen LogP contribution in [0.1, 0.15) is 48.3 Å². The number of thiophene rings is 1. The Morgan fingerprint density at radius 2 is 1.88 bits per heavy atom. The van der Waals surface area contributed by atoms with E-state index in [1.165, 1.54) is 11.3 Å². The van der Waals surface area contributed by atoms with Crippen LogP contribution in [0.2, 0.25) is 0 Å². The topological polar surface area (TPSA) is 46.6 Å². The van der Waals surface area contributed by atoms with Crippen molar-refractivity contribution in [2.75, 3.05) is 6.61 Å². The van der Waals surface area contributed by atoms with Crippen LogP contribution in [-0.2, 0) is 9.53 Å². The van der Waals surface area contributed by atoms with E-state index in [4.69, 9.17) is 4.74 Å². The average Bonchev–Trinajstić information content (AvgIpc) is 2.90. The van der Waals surface area contributed by atoms with Gasteiger partial charge in [-0.2, -0.15) is 0 Å². The van der Waals surface area contributed by atoms with Crippen molar-refractivity contribution in [3.05, 3.63) is 34.7 Å². The molecule has 0 bridgehead atoms. The molecule has 0 spiro atoms. The maximum atomic E-state index is 12.5. The zero-order valence-corrected chi connectivity index (χ0v) is 15.2. The molecule has 4 nitrogen and oxygen atoms in total. The number of carbonyl (C=O) groups is 2. The van der Waals surface area contributed by atoms with Crippen LogP contribution in [0, 0.1) is 6.92 Å². The van der Waals surface area contributed by atoms with E-state index >= 15 is 0 Å². The van der Waals surface area contributed by atoms with Crippen LogP contribution in [0.5, 0.6) is 0 Å². The summed E-state index contributed by atoms with van der Waals surface area (Å²) >= 11 is 1.42. The second kappa shape index (κ2) is 6.93. The number of benzene rings is 1. The first-order chi connectivity index (χ1) is 11.5. The molecule has 1 aliphatic rings. The zero-order chi connectivity index (χ0) is 17.3. The van der Waals surface area contributed by atoms with Crippen LogP contribution < -0.4 is 0 Å². The van der Waals surface area contributed by atoms with E-state index in [2.05, 4.69) is 13.8 Å². The SMILES string of the molecule is Cc1c(C(=O)OCC(=O)N2[C@H](C)CCC[C@H]2C)sc2ccccc12. The molecule has 3 rings (SSSR count). The van der Waals surface area contributed by atoms with Gasteiger partial charge in [0.1, 0.15) is 4.88 Å². The predicted octanol–water partition coefficient (Wildman–Crippen LogP) is 4.16. The highest BCUT2D eigenvalue weighted by Gasteiger charge is 2.29. The number of esters is 1. The van der Waals surface area contributed by atoms with E-state index < -0.39 is 5.97 Å². The number of aryl methyl sites for hydroxylation is 1.